The van der Waals surface area contributed by atoms with E-state index >= 15 is 0 Å². The van der Waals surface area contributed by atoms with Crippen LogP contribution in [0.2, 0.25) is 0 Å². The topological polar surface area (TPSA) is 0 Å². The second-order valence-electron chi connectivity index (χ2n) is 4.54. The number of hydrogen-bond donors (Lipinski definition) is 0. The summed E-state index contributed by atoms with van der Waals surface area (Å²) in [5.41, 5.74) is 0. The monoisotopic (exact) mass is 296 g/mol. The first-order valence-corrected chi connectivity index (χ1v) is 7.41. The summed E-state index contributed by atoms with van der Waals surface area (Å²) in [7, 11) is 0. The minimum absolute atomic E-state index is 0. The summed E-state index contributed by atoms with van der Waals surface area (Å²) in [4.78, 5) is 0. The Bertz CT molecular complexity index is 73.1. The Hall–Kier alpha value is 1.12. The average molecular weight is 297 g/mol. The van der Waals surface area contributed by atoms with Gasteiger partial charge in [0.15, 0.2) is 0 Å². The van der Waals surface area contributed by atoms with Gasteiger partial charge in [0.05, 0.1) is 0 Å². The Morgan fingerprint density at radius 2 is 0.833 bits per heavy atom. The van der Waals surface area contributed by atoms with Crippen molar-refractivity contribution in [3.05, 3.63) is 13.8 Å². The van der Waals surface area contributed by atoms with E-state index in [1.165, 1.54) is 64.2 Å². The molecule has 0 atom stereocenters. The van der Waals surface area contributed by atoms with E-state index in [0.29, 0.717) is 0 Å². The second kappa shape index (κ2) is 30.9. The molecular formula is C16H34CuLi. The van der Waals surface area contributed by atoms with E-state index in [1.807, 2.05) is 0 Å². The van der Waals surface area contributed by atoms with Gasteiger partial charge < -0.3 is 13.8 Å². The summed E-state index contributed by atoms with van der Waals surface area (Å²) in [6.07, 6.45) is 16.0. The van der Waals surface area contributed by atoms with Crippen LogP contribution in [0.3, 0.4) is 0 Å². The fraction of sp³-hybridized carbons (Fsp3) is 0.875. The van der Waals surface area contributed by atoms with Gasteiger partial charge in [-0.15, -0.1) is 0 Å². The Morgan fingerprint density at radius 1 is 0.556 bits per heavy atom. The van der Waals surface area contributed by atoms with Gasteiger partial charge in [0.25, 0.3) is 0 Å². The van der Waals surface area contributed by atoms with Gasteiger partial charge >= 0.3 is 17.1 Å². The average Bonchev–Trinajstić information content (AvgIpc) is 2.31. The molecule has 0 aliphatic carbocycles. The van der Waals surface area contributed by atoms with Gasteiger partial charge in [-0.3, -0.25) is 0 Å². The largest absolute Gasteiger partial charge is 2.00 e. The molecule has 0 aliphatic heterocycles. The van der Waals surface area contributed by atoms with Crippen molar-refractivity contribution in [2.45, 2.75) is 90.9 Å². The minimum atomic E-state index is 0. The van der Waals surface area contributed by atoms with Crippen molar-refractivity contribution in [1.82, 2.24) is 0 Å². The van der Waals surface area contributed by atoms with E-state index in [-0.39, 0.29) is 35.9 Å². The first kappa shape index (κ1) is 27.5. The van der Waals surface area contributed by atoms with Gasteiger partial charge in [-0.05, 0) is 0 Å². The van der Waals surface area contributed by atoms with Gasteiger partial charge in [-0.1, -0.05) is 78.1 Å². The predicted molar refractivity (Wildman–Crippen MR) is 83.2 cm³/mol. The SMILES string of the molecule is [CH2-]CCCCCCC.[CH2-]CCCCCCC.[Cu+2].[Li]. The minimum Gasteiger partial charge on any atom is -0.343 e. The van der Waals surface area contributed by atoms with Crippen molar-refractivity contribution in [2.24, 2.45) is 0 Å². The molecule has 0 spiro atoms. The molecule has 2 heteroatoms. The van der Waals surface area contributed by atoms with Crippen LogP contribution in [0.1, 0.15) is 90.9 Å². The second-order valence-corrected chi connectivity index (χ2v) is 4.54. The van der Waals surface area contributed by atoms with Crippen LogP contribution >= 0.6 is 0 Å². The molecule has 0 saturated heterocycles. The van der Waals surface area contributed by atoms with Crippen LogP contribution in [0.25, 0.3) is 0 Å². The maximum absolute atomic E-state index is 3.78. The molecule has 0 rings (SSSR count). The molecule has 0 aromatic heterocycles. The molecule has 0 amide bonds. The molecule has 0 nitrogen and oxygen atoms in total. The van der Waals surface area contributed by atoms with Crippen LogP contribution in [0.4, 0.5) is 0 Å². The van der Waals surface area contributed by atoms with E-state index in [4.69, 9.17) is 0 Å². The van der Waals surface area contributed by atoms with Crippen molar-refractivity contribution in [1.29, 1.82) is 0 Å². The summed E-state index contributed by atoms with van der Waals surface area (Å²) in [5.74, 6) is 0. The van der Waals surface area contributed by atoms with E-state index in [1.54, 1.807) is 0 Å². The zero-order valence-corrected chi connectivity index (χ0v) is 14.1. The summed E-state index contributed by atoms with van der Waals surface area (Å²) < 4.78 is 0. The van der Waals surface area contributed by atoms with Crippen molar-refractivity contribution < 1.29 is 17.1 Å². The molecule has 0 fully saturated rings. The molecule has 0 N–H and O–H groups in total. The predicted octanol–water partition coefficient (Wildman–Crippen LogP) is 5.98. The standard InChI is InChI=1S/2C8H17.Cu.Li/c2*1-3-5-7-8-6-4-2;;/h2*1,3-8H2,2H3;;/q2*-1;+2;. The van der Waals surface area contributed by atoms with E-state index in [9.17, 15) is 0 Å². The Balaban J connectivity index is -0.0000000980. The maximum Gasteiger partial charge on any atom is 2.00 e. The zero-order valence-electron chi connectivity index (χ0n) is 13.2. The number of unbranched alkanes of at least 4 members (excludes halogenated alkanes) is 10. The molecule has 2 radical (unpaired) electrons. The van der Waals surface area contributed by atoms with Crippen molar-refractivity contribution >= 4 is 18.9 Å². The molecule has 0 aromatic rings. The van der Waals surface area contributed by atoms with Gasteiger partial charge in [0.1, 0.15) is 0 Å². The van der Waals surface area contributed by atoms with Crippen LogP contribution in [0.15, 0.2) is 0 Å². The molecule has 0 unspecified atom stereocenters. The summed E-state index contributed by atoms with van der Waals surface area (Å²) in [5, 5.41) is 0. The van der Waals surface area contributed by atoms with Crippen molar-refractivity contribution in [3.63, 3.8) is 0 Å². The van der Waals surface area contributed by atoms with Gasteiger partial charge in [-0.2, -0.15) is 12.8 Å². The van der Waals surface area contributed by atoms with Crippen LogP contribution < -0.4 is 0 Å². The normalized spacial score (nSPS) is 8.67. The zero-order chi connectivity index (χ0) is 12.5. The first-order chi connectivity index (χ1) is 7.83. The third-order valence-corrected chi connectivity index (χ3v) is 2.71. The van der Waals surface area contributed by atoms with Gasteiger partial charge in [0, 0.05) is 18.9 Å². The fourth-order valence-corrected chi connectivity index (χ4v) is 1.56. The van der Waals surface area contributed by atoms with E-state index < -0.39 is 0 Å². The van der Waals surface area contributed by atoms with Crippen LogP contribution in [0.5, 0.6) is 0 Å². The van der Waals surface area contributed by atoms with E-state index in [0.717, 1.165) is 12.8 Å². The molecule has 110 valence electrons. The number of rotatable bonds is 10. The quantitative estimate of drug-likeness (QED) is 0.264. The molecule has 0 saturated carbocycles. The molecule has 18 heavy (non-hydrogen) atoms. The Morgan fingerprint density at radius 3 is 1.06 bits per heavy atom. The Kier molecular flexibility index (Phi) is 47.1. The van der Waals surface area contributed by atoms with Crippen LogP contribution in [-0.2, 0) is 17.1 Å². The Labute approximate surface area is 140 Å². The van der Waals surface area contributed by atoms with E-state index in [2.05, 4.69) is 27.7 Å². The van der Waals surface area contributed by atoms with Crippen molar-refractivity contribution in [3.8, 4) is 0 Å². The summed E-state index contributed by atoms with van der Waals surface area (Å²) in [6, 6.07) is 0. The van der Waals surface area contributed by atoms with Crippen LogP contribution in [0, 0.1) is 13.8 Å². The number of hydrogen-bond acceptors (Lipinski definition) is 0. The molecule has 0 aliphatic rings. The van der Waals surface area contributed by atoms with Crippen molar-refractivity contribution in [2.75, 3.05) is 0 Å². The summed E-state index contributed by atoms with van der Waals surface area (Å²) in [6.45, 7) is 12.0. The van der Waals surface area contributed by atoms with Gasteiger partial charge in [0.2, 0.25) is 0 Å². The van der Waals surface area contributed by atoms with Crippen LogP contribution in [-0.4, -0.2) is 18.9 Å². The molecular weight excluding hydrogens is 263 g/mol. The first-order valence-electron chi connectivity index (χ1n) is 7.41. The fourth-order valence-electron chi connectivity index (χ4n) is 1.56. The maximum atomic E-state index is 3.78. The third-order valence-electron chi connectivity index (χ3n) is 2.71. The smallest absolute Gasteiger partial charge is 0.343 e. The molecule has 0 heterocycles. The third kappa shape index (κ3) is 36.0. The summed E-state index contributed by atoms with van der Waals surface area (Å²) >= 11 is 0. The molecule has 0 bridgehead atoms. The van der Waals surface area contributed by atoms with Gasteiger partial charge in [-0.25, -0.2) is 0 Å². The molecule has 0 aromatic carbocycles.